The molecule has 10 heteroatoms. The number of carbonyl (C=O) groups is 4. The van der Waals surface area contributed by atoms with Crippen LogP contribution in [-0.4, -0.2) is 42.1 Å². The van der Waals surface area contributed by atoms with Crippen LogP contribution < -0.4 is 19.5 Å². The van der Waals surface area contributed by atoms with E-state index >= 15 is 0 Å². The van der Waals surface area contributed by atoms with Crippen molar-refractivity contribution in [2.75, 3.05) is 13.2 Å². The lowest BCUT2D eigenvalue weighted by atomic mass is 9.76. The lowest BCUT2D eigenvalue weighted by Crippen LogP contribution is -2.35. The summed E-state index contributed by atoms with van der Waals surface area (Å²) < 4.78 is 24.6. The summed E-state index contributed by atoms with van der Waals surface area (Å²) in [7, 11) is 0. The topological polar surface area (TPSA) is 137 Å². The molecule has 3 aromatic carbocycles. The number of ether oxygens (including phenoxy) is 4. The number of benzene rings is 3. The Morgan fingerprint density at radius 1 is 0.824 bits per heavy atom. The van der Waals surface area contributed by atoms with Crippen LogP contribution in [0.2, 0.25) is 0 Å². The molecule has 0 aliphatic carbocycles. The minimum Gasteiger partial charge on any atom is -0.456 e. The molecule has 272 valence electrons. The Kier molecular flexibility index (Phi) is 11.0. The first kappa shape index (κ1) is 37.6. The van der Waals surface area contributed by atoms with Crippen LogP contribution in [-0.2, 0) is 24.7 Å². The third-order valence-corrected chi connectivity index (χ3v) is 9.11. The van der Waals surface area contributed by atoms with Gasteiger partial charge in [-0.3, -0.25) is 14.4 Å². The van der Waals surface area contributed by atoms with Gasteiger partial charge in [-0.1, -0.05) is 44.4 Å². The van der Waals surface area contributed by atoms with E-state index in [1.165, 1.54) is 0 Å². The van der Waals surface area contributed by atoms with Gasteiger partial charge < -0.3 is 29.4 Å². The van der Waals surface area contributed by atoms with E-state index in [1.54, 1.807) is 84.0 Å². The van der Waals surface area contributed by atoms with Crippen molar-refractivity contribution in [3.8, 4) is 23.0 Å². The maximum Gasteiger partial charge on any atom is 0.340 e. The van der Waals surface area contributed by atoms with Crippen LogP contribution in [0, 0.1) is 10.8 Å². The molecule has 1 spiro atoms. The molecule has 0 radical (unpaired) electrons. The highest BCUT2D eigenvalue weighted by atomic mass is 16.6. The smallest absolute Gasteiger partial charge is 0.340 e. The van der Waals surface area contributed by atoms with Crippen LogP contribution in [0.5, 0.6) is 23.0 Å². The number of hydrogen-bond acceptors (Lipinski definition) is 9. The first-order valence-corrected chi connectivity index (χ1v) is 17.8. The average molecular weight is 700 g/mol. The number of fused-ring (bicyclic) bond motifs is 6. The first-order chi connectivity index (χ1) is 24.1. The highest BCUT2D eigenvalue weighted by Gasteiger charge is 2.54. The van der Waals surface area contributed by atoms with Gasteiger partial charge in [0, 0.05) is 47.5 Å². The lowest BCUT2D eigenvalue weighted by molar-refractivity contribution is -0.143. The fourth-order valence-electron chi connectivity index (χ4n) is 6.28. The molecule has 51 heavy (non-hydrogen) atoms. The summed E-state index contributed by atoms with van der Waals surface area (Å²) in [5, 5.41) is 12.2. The standard InChI is InChI=1S/C41H49NO9/c1-8-15-26(35(44)42-20-13-9-10-14-21-43)28-23-31-34(24-32(28)50-38(47)40(5,6)7)49-33-22-25(48-37(46)39(2,3)4)18-19-30(33)41(31)29-17-12-11-16-27(29)36(45)51-41/h11-12,16-19,22-24,26,43H,8-10,13-15,20-21H2,1-7H3,(H,42,44). The SMILES string of the molecule is CCCC(C(=O)NCCCCCCO)c1cc2c(cc1OC(=O)C(C)(C)C)Oc1cc(OC(=O)C(C)(C)C)ccc1C21OC(=O)c2ccccc21. The highest BCUT2D eigenvalue weighted by Crippen LogP contribution is 2.58. The summed E-state index contributed by atoms with van der Waals surface area (Å²) in [6.07, 6.45) is 4.33. The second kappa shape index (κ2) is 14.9. The predicted molar refractivity (Wildman–Crippen MR) is 191 cm³/mol. The Balaban J connectivity index is 1.68. The molecule has 2 heterocycles. The Labute approximate surface area is 299 Å². The molecule has 2 aliphatic rings. The molecule has 0 aromatic heterocycles. The van der Waals surface area contributed by atoms with Gasteiger partial charge in [0.15, 0.2) is 5.60 Å². The number of aliphatic hydroxyl groups excluding tert-OH is 1. The third kappa shape index (κ3) is 7.66. The fraction of sp³-hybridized carbons (Fsp3) is 0.463. The second-order valence-electron chi connectivity index (χ2n) is 15.3. The van der Waals surface area contributed by atoms with Gasteiger partial charge >= 0.3 is 17.9 Å². The number of hydrogen-bond donors (Lipinski definition) is 2. The van der Waals surface area contributed by atoms with Crippen LogP contribution in [0.4, 0.5) is 0 Å². The molecule has 10 nitrogen and oxygen atoms in total. The van der Waals surface area contributed by atoms with E-state index in [1.807, 2.05) is 19.1 Å². The molecule has 2 atom stereocenters. The van der Waals surface area contributed by atoms with Gasteiger partial charge in [-0.05, 0) is 85.1 Å². The average Bonchev–Trinajstić information content (AvgIpc) is 3.36. The number of carbonyl (C=O) groups excluding carboxylic acids is 4. The normalized spacial score (nSPS) is 16.7. The van der Waals surface area contributed by atoms with Gasteiger partial charge in [-0.25, -0.2) is 4.79 Å². The van der Waals surface area contributed by atoms with E-state index in [0.29, 0.717) is 53.6 Å². The van der Waals surface area contributed by atoms with E-state index in [9.17, 15) is 19.2 Å². The summed E-state index contributed by atoms with van der Waals surface area (Å²) >= 11 is 0. The molecule has 0 saturated heterocycles. The summed E-state index contributed by atoms with van der Waals surface area (Å²) in [4.78, 5) is 53.7. The second-order valence-corrected chi connectivity index (χ2v) is 15.3. The van der Waals surface area contributed by atoms with Crippen LogP contribution in [0.15, 0.2) is 54.6 Å². The van der Waals surface area contributed by atoms with Crippen LogP contribution in [0.3, 0.4) is 0 Å². The fourth-order valence-corrected chi connectivity index (χ4v) is 6.28. The molecule has 0 fully saturated rings. The Morgan fingerprint density at radius 2 is 1.49 bits per heavy atom. The molecule has 3 aromatic rings. The molecule has 2 unspecified atom stereocenters. The predicted octanol–water partition coefficient (Wildman–Crippen LogP) is 7.71. The van der Waals surface area contributed by atoms with Gasteiger partial charge in [0.05, 0.1) is 22.3 Å². The summed E-state index contributed by atoms with van der Waals surface area (Å²) in [6, 6.07) is 15.4. The van der Waals surface area contributed by atoms with Crippen molar-refractivity contribution in [3.05, 3.63) is 82.4 Å². The molecule has 2 N–H and O–H groups in total. The third-order valence-electron chi connectivity index (χ3n) is 9.11. The zero-order chi connectivity index (χ0) is 37.1. The number of esters is 3. The molecule has 1 amide bonds. The number of nitrogens with one attached hydrogen (secondary N) is 1. The zero-order valence-corrected chi connectivity index (χ0v) is 30.6. The largest absolute Gasteiger partial charge is 0.456 e. The van der Waals surface area contributed by atoms with Gasteiger partial charge in [-0.15, -0.1) is 0 Å². The number of amides is 1. The number of unbranched alkanes of at least 4 members (excludes halogenated alkanes) is 3. The summed E-state index contributed by atoms with van der Waals surface area (Å²) in [6.45, 7) is 13.1. The van der Waals surface area contributed by atoms with Gasteiger partial charge in [0.25, 0.3) is 0 Å². The van der Waals surface area contributed by atoms with Gasteiger partial charge in [0.1, 0.15) is 23.0 Å². The van der Waals surface area contributed by atoms with E-state index in [-0.39, 0.29) is 35.5 Å². The van der Waals surface area contributed by atoms with Crippen LogP contribution in [0.25, 0.3) is 0 Å². The zero-order valence-electron chi connectivity index (χ0n) is 30.6. The summed E-state index contributed by atoms with van der Waals surface area (Å²) in [5.41, 5.74) is -0.681. The lowest BCUT2D eigenvalue weighted by Gasteiger charge is -2.37. The van der Waals surface area contributed by atoms with Crippen molar-refractivity contribution in [2.24, 2.45) is 10.8 Å². The van der Waals surface area contributed by atoms with E-state index in [0.717, 1.165) is 19.3 Å². The van der Waals surface area contributed by atoms with Crippen molar-refractivity contribution in [1.29, 1.82) is 0 Å². The molecule has 5 rings (SSSR count). The quantitative estimate of drug-likeness (QED) is 0.111. The Bertz CT molecular complexity index is 1820. The molecule has 0 bridgehead atoms. The Morgan fingerprint density at radius 3 is 2.18 bits per heavy atom. The molecule has 0 saturated carbocycles. The van der Waals surface area contributed by atoms with Crippen molar-refractivity contribution in [1.82, 2.24) is 5.32 Å². The highest BCUT2D eigenvalue weighted by molar-refractivity contribution is 5.97. The number of aliphatic hydroxyl groups is 1. The Hall–Kier alpha value is -4.70. The maximum atomic E-state index is 13.9. The molecule has 2 aliphatic heterocycles. The van der Waals surface area contributed by atoms with Crippen LogP contribution >= 0.6 is 0 Å². The summed E-state index contributed by atoms with van der Waals surface area (Å²) in [5.74, 6) is -1.42. The van der Waals surface area contributed by atoms with Gasteiger partial charge in [-0.2, -0.15) is 0 Å². The van der Waals surface area contributed by atoms with E-state index in [2.05, 4.69) is 5.32 Å². The van der Waals surface area contributed by atoms with Crippen molar-refractivity contribution in [2.45, 2.75) is 98.5 Å². The monoisotopic (exact) mass is 699 g/mol. The van der Waals surface area contributed by atoms with Gasteiger partial charge in [0.2, 0.25) is 5.91 Å². The molecular weight excluding hydrogens is 650 g/mol. The minimum atomic E-state index is -1.48. The molecular formula is C41H49NO9. The van der Waals surface area contributed by atoms with Crippen molar-refractivity contribution < 1.29 is 43.2 Å². The van der Waals surface area contributed by atoms with Crippen molar-refractivity contribution in [3.63, 3.8) is 0 Å². The van der Waals surface area contributed by atoms with Crippen LogP contribution in [0.1, 0.15) is 126 Å². The first-order valence-electron chi connectivity index (χ1n) is 17.8. The van der Waals surface area contributed by atoms with Crippen molar-refractivity contribution >= 4 is 23.8 Å². The minimum absolute atomic E-state index is 0.139. The number of rotatable bonds is 12. The van der Waals surface area contributed by atoms with E-state index < -0.39 is 40.3 Å². The maximum absolute atomic E-state index is 13.9. The van der Waals surface area contributed by atoms with E-state index in [4.69, 9.17) is 24.1 Å².